The molecule has 1 saturated heterocycles. The van der Waals surface area contributed by atoms with Gasteiger partial charge in [0.25, 0.3) is 0 Å². The number of ether oxygens (including phenoxy) is 1. The summed E-state index contributed by atoms with van der Waals surface area (Å²) in [5.74, 6) is 1.00. The third-order valence-electron chi connectivity index (χ3n) is 3.93. The van der Waals surface area contributed by atoms with Crippen molar-refractivity contribution in [2.45, 2.75) is 51.7 Å². The normalized spacial score (nSPS) is 20.3. The fourth-order valence-electron chi connectivity index (χ4n) is 2.81. The van der Waals surface area contributed by atoms with Crippen molar-refractivity contribution in [2.24, 2.45) is 0 Å². The van der Waals surface area contributed by atoms with Crippen LogP contribution in [0.2, 0.25) is 0 Å². The highest BCUT2D eigenvalue weighted by Crippen LogP contribution is 2.24. The minimum Gasteiger partial charge on any atom is -0.496 e. The van der Waals surface area contributed by atoms with Gasteiger partial charge in [0.1, 0.15) is 5.75 Å². The molecule has 0 amide bonds. The first-order valence-electron chi connectivity index (χ1n) is 7.60. The van der Waals surface area contributed by atoms with E-state index in [1.807, 2.05) is 12.1 Å². The molecular formula is C17H28N2O. The Morgan fingerprint density at radius 2 is 2.05 bits per heavy atom. The van der Waals surface area contributed by atoms with E-state index in [1.54, 1.807) is 7.11 Å². The molecule has 1 heterocycles. The van der Waals surface area contributed by atoms with Gasteiger partial charge in [-0.1, -0.05) is 18.2 Å². The molecule has 1 fully saturated rings. The first-order chi connectivity index (χ1) is 9.49. The van der Waals surface area contributed by atoms with Crippen molar-refractivity contribution in [3.63, 3.8) is 0 Å². The standard InChI is InChI=1S/C17H28N2O/c1-17(2,3)18-12-15-9-7-11-19(15)13-14-8-5-6-10-16(14)20-4/h5-6,8,10,15,18H,7,9,11-13H2,1-4H3. The van der Waals surface area contributed by atoms with Crippen LogP contribution >= 0.6 is 0 Å². The van der Waals surface area contributed by atoms with E-state index in [1.165, 1.54) is 24.9 Å². The molecule has 0 aromatic heterocycles. The molecule has 0 saturated carbocycles. The number of nitrogens with zero attached hydrogens (tertiary/aromatic N) is 1. The van der Waals surface area contributed by atoms with Gasteiger partial charge < -0.3 is 10.1 Å². The maximum atomic E-state index is 5.46. The van der Waals surface area contributed by atoms with Gasteiger partial charge in [-0.2, -0.15) is 0 Å². The van der Waals surface area contributed by atoms with Crippen LogP contribution in [0.5, 0.6) is 5.75 Å². The molecule has 0 aliphatic carbocycles. The molecule has 1 unspecified atom stereocenters. The van der Waals surface area contributed by atoms with Crippen molar-refractivity contribution in [1.82, 2.24) is 10.2 Å². The highest BCUT2D eigenvalue weighted by molar-refractivity contribution is 5.33. The van der Waals surface area contributed by atoms with Crippen LogP contribution in [0.1, 0.15) is 39.2 Å². The lowest BCUT2D eigenvalue weighted by atomic mass is 10.1. The lowest BCUT2D eigenvalue weighted by Gasteiger charge is -2.29. The third kappa shape index (κ3) is 4.22. The summed E-state index contributed by atoms with van der Waals surface area (Å²) >= 11 is 0. The Kier molecular flexibility index (Phi) is 5.06. The van der Waals surface area contributed by atoms with E-state index in [4.69, 9.17) is 4.74 Å². The predicted molar refractivity (Wildman–Crippen MR) is 84.2 cm³/mol. The highest BCUT2D eigenvalue weighted by atomic mass is 16.5. The second kappa shape index (κ2) is 6.59. The SMILES string of the molecule is COc1ccccc1CN1CCCC1CNC(C)(C)C. The van der Waals surface area contributed by atoms with Crippen molar-refractivity contribution in [1.29, 1.82) is 0 Å². The summed E-state index contributed by atoms with van der Waals surface area (Å²) < 4.78 is 5.46. The Morgan fingerprint density at radius 1 is 1.30 bits per heavy atom. The van der Waals surface area contributed by atoms with Gasteiger partial charge in [-0.05, 0) is 46.2 Å². The van der Waals surface area contributed by atoms with E-state index < -0.39 is 0 Å². The van der Waals surface area contributed by atoms with E-state index >= 15 is 0 Å². The van der Waals surface area contributed by atoms with Crippen LogP contribution in [0, 0.1) is 0 Å². The van der Waals surface area contributed by atoms with Gasteiger partial charge in [-0.3, -0.25) is 4.90 Å². The summed E-state index contributed by atoms with van der Waals surface area (Å²) in [6, 6.07) is 8.99. The van der Waals surface area contributed by atoms with Crippen molar-refractivity contribution in [3.8, 4) is 5.75 Å². The van der Waals surface area contributed by atoms with Gasteiger partial charge in [-0.25, -0.2) is 0 Å². The number of likely N-dealkylation sites (tertiary alicyclic amines) is 1. The fraction of sp³-hybridized carbons (Fsp3) is 0.647. The Balaban J connectivity index is 1.97. The van der Waals surface area contributed by atoms with Crippen LogP contribution in [0.15, 0.2) is 24.3 Å². The predicted octanol–water partition coefficient (Wildman–Crippen LogP) is 3.05. The lowest BCUT2D eigenvalue weighted by molar-refractivity contribution is 0.223. The number of methoxy groups -OCH3 is 1. The maximum absolute atomic E-state index is 5.46. The number of para-hydroxylation sites is 1. The molecule has 1 aromatic rings. The minimum absolute atomic E-state index is 0.193. The quantitative estimate of drug-likeness (QED) is 0.894. The van der Waals surface area contributed by atoms with Crippen LogP contribution in [-0.2, 0) is 6.54 Å². The first-order valence-corrected chi connectivity index (χ1v) is 7.60. The third-order valence-corrected chi connectivity index (χ3v) is 3.93. The second-order valence-corrected chi connectivity index (χ2v) is 6.71. The van der Waals surface area contributed by atoms with Crippen molar-refractivity contribution >= 4 is 0 Å². The Hall–Kier alpha value is -1.06. The molecule has 1 aromatic carbocycles. The van der Waals surface area contributed by atoms with E-state index in [0.29, 0.717) is 6.04 Å². The molecule has 3 heteroatoms. The molecule has 112 valence electrons. The maximum Gasteiger partial charge on any atom is 0.123 e. The Bertz CT molecular complexity index is 425. The molecule has 1 aliphatic rings. The number of nitrogens with one attached hydrogen (secondary N) is 1. The molecule has 0 spiro atoms. The zero-order chi connectivity index (χ0) is 14.6. The van der Waals surface area contributed by atoms with Crippen LogP contribution < -0.4 is 10.1 Å². The summed E-state index contributed by atoms with van der Waals surface area (Å²) in [7, 11) is 1.75. The topological polar surface area (TPSA) is 24.5 Å². The highest BCUT2D eigenvalue weighted by Gasteiger charge is 2.26. The molecule has 1 N–H and O–H groups in total. The molecule has 3 nitrogen and oxygen atoms in total. The number of hydrogen-bond acceptors (Lipinski definition) is 3. The van der Waals surface area contributed by atoms with E-state index in [9.17, 15) is 0 Å². The Labute approximate surface area is 123 Å². The summed E-state index contributed by atoms with van der Waals surface area (Å²) in [5, 5.41) is 3.64. The molecule has 1 atom stereocenters. The summed E-state index contributed by atoms with van der Waals surface area (Å²) in [5.41, 5.74) is 1.48. The van der Waals surface area contributed by atoms with E-state index in [2.05, 4.69) is 43.1 Å². The largest absolute Gasteiger partial charge is 0.496 e. The van der Waals surface area contributed by atoms with Gasteiger partial charge in [0.05, 0.1) is 7.11 Å². The zero-order valence-electron chi connectivity index (χ0n) is 13.3. The van der Waals surface area contributed by atoms with Crippen molar-refractivity contribution < 1.29 is 4.74 Å². The average Bonchev–Trinajstić information content (AvgIpc) is 2.83. The first kappa shape index (κ1) is 15.3. The molecule has 1 aliphatic heterocycles. The number of hydrogen-bond donors (Lipinski definition) is 1. The van der Waals surface area contributed by atoms with Crippen LogP contribution in [0.4, 0.5) is 0 Å². The summed E-state index contributed by atoms with van der Waals surface area (Å²) in [6.07, 6.45) is 2.59. The van der Waals surface area contributed by atoms with Gasteiger partial charge >= 0.3 is 0 Å². The average molecular weight is 276 g/mol. The molecule has 2 rings (SSSR count). The smallest absolute Gasteiger partial charge is 0.123 e. The van der Waals surface area contributed by atoms with Gasteiger partial charge in [0.15, 0.2) is 0 Å². The van der Waals surface area contributed by atoms with Crippen LogP contribution in [-0.4, -0.2) is 36.7 Å². The van der Waals surface area contributed by atoms with Crippen molar-refractivity contribution in [2.75, 3.05) is 20.2 Å². The van der Waals surface area contributed by atoms with E-state index in [0.717, 1.165) is 18.8 Å². The molecule has 0 radical (unpaired) electrons. The van der Waals surface area contributed by atoms with Crippen molar-refractivity contribution in [3.05, 3.63) is 29.8 Å². The van der Waals surface area contributed by atoms with E-state index in [-0.39, 0.29) is 5.54 Å². The second-order valence-electron chi connectivity index (χ2n) is 6.71. The Morgan fingerprint density at radius 3 is 2.75 bits per heavy atom. The van der Waals surface area contributed by atoms with Crippen LogP contribution in [0.25, 0.3) is 0 Å². The monoisotopic (exact) mass is 276 g/mol. The molecule has 0 bridgehead atoms. The fourth-order valence-corrected chi connectivity index (χ4v) is 2.81. The summed E-state index contributed by atoms with van der Waals surface area (Å²) in [6.45, 7) is 9.93. The number of benzene rings is 1. The summed E-state index contributed by atoms with van der Waals surface area (Å²) in [4.78, 5) is 2.58. The zero-order valence-corrected chi connectivity index (χ0v) is 13.3. The lowest BCUT2D eigenvalue weighted by Crippen LogP contribution is -2.45. The van der Waals surface area contributed by atoms with Crippen LogP contribution in [0.3, 0.4) is 0 Å². The molecular weight excluding hydrogens is 248 g/mol. The number of rotatable bonds is 5. The molecule has 20 heavy (non-hydrogen) atoms. The van der Waals surface area contributed by atoms with Gasteiger partial charge in [-0.15, -0.1) is 0 Å². The van der Waals surface area contributed by atoms with Gasteiger partial charge in [0.2, 0.25) is 0 Å². The minimum atomic E-state index is 0.193. The van der Waals surface area contributed by atoms with Gasteiger partial charge in [0, 0.05) is 30.2 Å².